The summed E-state index contributed by atoms with van der Waals surface area (Å²) in [5.41, 5.74) is 1.87. The second-order valence-corrected chi connectivity index (χ2v) is 7.52. The Balaban J connectivity index is 1.98. The van der Waals surface area contributed by atoms with Crippen LogP contribution in [0.15, 0.2) is 26.2 Å². The number of amides is 1. The molecule has 0 spiro atoms. The molecule has 0 aromatic carbocycles. The molecule has 0 bridgehead atoms. The minimum Gasteiger partial charge on any atom is -0.361 e. The number of allylic oxidation sites excluding steroid dienone is 1. The molecule has 0 unspecified atom stereocenters. The van der Waals surface area contributed by atoms with Gasteiger partial charge in [0.15, 0.2) is 0 Å². The molecule has 1 aromatic rings. The Morgan fingerprint density at radius 3 is 2.62 bits per heavy atom. The van der Waals surface area contributed by atoms with Crippen LogP contribution in [-0.2, 0) is 11.2 Å². The van der Waals surface area contributed by atoms with Crippen molar-refractivity contribution in [3.63, 3.8) is 0 Å². The first-order valence-electron chi connectivity index (χ1n) is 8.53. The third kappa shape index (κ3) is 5.51. The lowest BCUT2D eigenvalue weighted by Crippen LogP contribution is -2.26. The number of hydrogen-bond donors (Lipinski definition) is 1. The van der Waals surface area contributed by atoms with E-state index in [1.807, 2.05) is 27.8 Å². The highest BCUT2D eigenvalue weighted by atomic mass is 32.2. The summed E-state index contributed by atoms with van der Waals surface area (Å²) in [6, 6.07) is 1.79. The molecule has 24 heavy (non-hydrogen) atoms. The van der Waals surface area contributed by atoms with Gasteiger partial charge in [0.25, 0.3) is 0 Å². The van der Waals surface area contributed by atoms with Crippen LogP contribution >= 0.6 is 11.8 Å². The Morgan fingerprint density at radius 1 is 1.38 bits per heavy atom. The summed E-state index contributed by atoms with van der Waals surface area (Å²) in [4.78, 5) is 16.8. The third-order valence-electron chi connectivity index (χ3n) is 4.10. The fraction of sp³-hybridized carbons (Fsp3) is 0.611. The minimum absolute atomic E-state index is 0.0889. The van der Waals surface area contributed by atoms with E-state index in [9.17, 15) is 4.79 Å². The molecule has 1 aliphatic rings. The first-order chi connectivity index (χ1) is 11.5. The van der Waals surface area contributed by atoms with Crippen molar-refractivity contribution in [1.82, 2.24) is 10.5 Å². The number of thioether (sulfide) groups is 1. The van der Waals surface area contributed by atoms with Crippen LogP contribution in [0.1, 0.15) is 57.4 Å². The summed E-state index contributed by atoms with van der Waals surface area (Å²) in [6.45, 7) is 5.86. The van der Waals surface area contributed by atoms with Gasteiger partial charge in [-0.1, -0.05) is 36.2 Å². The molecule has 2 rings (SSSR count). The Kier molecular flexibility index (Phi) is 7.09. The second kappa shape index (κ2) is 9.06. The monoisotopic (exact) mass is 349 g/mol. The molecule has 1 fully saturated rings. The van der Waals surface area contributed by atoms with Crippen LogP contribution in [0.4, 0.5) is 0 Å². The van der Waals surface area contributed by atoms with Crippen molar-refractivity contribution in [3.8, 4) is 0 Å². The van der Waals surface area contributed by atoms with Gasteiger partial charge in [0.05, 0.1) is 22.2 Å². The van der Waals surface area contributed by atoms with Crippen molar-refractivity contribution in [3.05, 3.63) is 28.1 Å². The highest BCUT2D eigenvalue weighted by molar-refractivity contribution is 8.17. The number of rotatable bonds is 5. The van der Waals surface area contributed by atoms with Crippen molar-refractivity contribution in [2.45, 2.75) is 59.3 Å². The number of carbonyl (C=O) groups is 1. The number of carbonyl (C=O) groups excluding carboxylic acids is 1. The first kappa shape index (κ1) is 18.8. The van der Waals surface area contributed by atoms with Gasteiger partial charge in [-0.05, 0) is 39.2 Å². The smallest absolute Gasteiger partial charge is 0.232 e. The number of nitrogens with zero attached hydrogens (tertiary/aromatic N) is 2. The molecule has 132 valence electrons. The summed E-state index contributed by atoms with van der Waals surface area (Å²) in [6.07, 6.45) is 6.44. The van der Waals surface area contributed by atoms with Crippen molar-refractivity contribution >= 4 is 22.7 Å². The van der Waals surface area contributed by atoms with Gasteiger partial charge in [-0.25, -0.2) is 0 Å². The van der Waals surface area contributed by atoms with Crippen LogP contribution in [0.3, 0.4) is 0 Å². The first-order valence-corrected chi connectivity index (χ1v) is 9.35. The Bertz CT molecular complexity index is 624. The average Bonchev–Trinajstić information content (AvgIpc) is 2.96. The van der Waals surface area contributed by atoms with E-state index in [-0.39, 0.29) is 12.3 Å². The molecule has 1 aromatic heterocycles. The molecule has 0 radical (unpaired) electrons. The van der Waals surface area contributed by atoms with Crippen LogP contribution in [-0.4, -0.2) is 23.2 Å². The zero-order chi connectivity index (χ0) is 17.5. The summed E-state index contributed by atoms with van der Waals surface area (Å²) >= 11 is 1.60. The minimum atomic E-state index is -0.0889. The molecule has 1 heterocycles. The molecule has 1 amide bonds. The lowest BCUT2D eigenvalue weighted by Gasteiger charge is -2.24. The van der Waals surface area contributed by atoms with E-state index in [4.69, 9.17) is 4.52 Å². The molecule has 0 atom stereocenters. The molecular weight excluding hydrogens is 322 g/mol. The van der Waals surface area contributed by atoms with Crippen molar-refractivity contribution in [2.24, 2.45) is 10.9 Å². The predicted octanol–water partition coefficient (Wildman–Crippen LogP) is 4.23. The Labute approximate surface area is 148 Å². The van der Waals surface area contributed by atoms with Crippen LogP contribution in [0.5, 0.6) is 0 Å². The van der Waals surface area contributed by atoms with Crippen molar-refractivity contribution < 1.29 is 9.32 Å². The SMILES string of the molecule is CN=C(SC(NC(=O)Cc1cc(C)no1)=C(C)C)C1CCCCC1. The van der Waals surface area contributed by atoms with E-state index < -0.39 is 0 Å². The van der Waals surface area contributed by atoms with Gasteiger partial charge in [0, 0.05) is 19.0 Å². The number of aliphatic imine (C=N–C) groups is 1. The normalized spacial score (nSPS) is 16.1. The summed E-state index contributed by atoms with van der Waals surface area (Å²) in [5.74, 6) is 1.02. The van der Waals surface area contributed by atoms with E-state index in [1.54, 1.807) is 17.8 Å². The zero-order valence-electron chi connectivity index (χ0n) is 15.0. The number of nitrogens with one attached hydrogen (secondary N) is 1. The number of hydrogen-bond acceptors (Lipinski definition) is 5. The van der Waals surface area contributed by atoms with Gasteiger partial charge in [0.1, 0.15) is 5.76 Å². The fourth-order valence-electron chi connectivity index (χ4n) is 2.85. The molecule has 6 heteroatoms. The third-order valence-corrected chi connectivity index (χ3v) is 5.54. The molecular formula is C18H27N3O2S. The van der Waals surface area contributed by atoms with E-state index in [0.29, 0.717) is 11.7 Å². The van der Waals surface area contributed by atoms with Gasteiger partial charge in [-0.2, -0.15) is 0 Å². The topological polar surface area (TPSA) is 67.5 Å². The van der Waals surface area contributed by atoms with E-state index in [1.165, 1.54) is 32.1 Å². The molecule has 5 nitrogen and oxygen atoms in total. The highest BCUT2D eigenvalue weighted by Crippen LogP contribution is 2.32. The van der Waals surface area contributed by atoms with E-state index >= 15 is 0 Å². The van der Waals surface area contributed by atoms with E-state index in [0.717, 1.165) is 21.3 Å². The van der Waals surface area contributed by atoms with Gasteiger partial charge < -0.3 is 9.84 Å². The van der Waals surface area contributed by atoms with Gasteiger partial charge in [0.2, 0.25) is 5.91 Å². The average molecular weight is 350 g/mol. The summed E-state index contributed by atoms with van der Waals surface area (Å²) in [7, 11) is 1.85. The Hall–Kier alpha value is -1.56. The lowest BCUT2D eigenvalue weighted by molar-refractivity contribution is -0.119. The number of aromatic nitrogens is 1. The molecule has 0 aliphatic heterocycles. The van der Waals surface area contributed by atoms with Crippen LogP contribution in [0.2, 0.25) is 0 Å². The van der Waals surface area contributed by atoms with Crippen LogP contribution in [0.25, 0.3) is 0 Å². The molecule has 1 N–H and O–H groups in total. The highest BCUT2D eigenvalue weighted by Gasteiger charge is 2.21. The van der Waals surface area contributed by atoms with Crippen molar-refractivity contribution in [2.75, 3.05) is 7.05 Å². The van der Waals surface area contributed by atoms with Crippen LogP contribution in [0, 0.1) is 12.8 Å². The largest absolute Gasteiger partial charge is 0.361 e. The molecule has 1 aliphatic carbocycles. The van der Waals surface area contributed by atoms with Gasteiger partial charge >= 0.3 is 0 Å². The maximum atomic E-state index is 12.3. The van der Waals surface area contributed by atoms with Gasteiger partial charge in [-0.15, -0.1) is 0 Å². The maximum absolute atomic E-state index is 12.3. The Morgan fingerprint density at radius 2 is 2.08 bits per heavy atom. The van der Waals surface area contributed by atoms with Crippen molar-refractivity contribution in [1.29, 1.82) is 0 Å². The molecule has 1 saturated carbocycles. The van der Waals surface area contributed by atoms with E-state index in [2.05, 4.69) is 15.5 Å². The zero-order valence-corrected chi connectivity index (χ0v) is 15.8. The van der Waals surface area contributed by atoms with Gasteiger partial charge in [-0.3, -0.25) is 9.79 Å². The predicted molar refractivity (Wildman–Crippen MR) is 99.0 cm³/mol. The second-order valence-electron chi connectivity index (χ2n) is 6.49. The molecule has 0 saturated heterocycles. The standard InChI is InChI=1S/C18H27N3O2S/c1-12(2)17(20-16(22)11-15-10-13(3)21-23-15)24-18(19-4)14-8-6-5-7-9-14/h10,14H,5-9,11H2,1-4H3,(H,20,22). The fourth-order valence-corrected chi connectivity index (χ4v) is 3.92. The number of aryl methyl sites for hydroxylation is 1. The summed E-state index contributed by atoms with van der Waals surface area (Å²) < 4.78 is 5.12. The van der Waals surface area contributed by atoms with Crippen LogP contribution < -0.4 is 5.32 Å². The quantitative estimate of drug-likeness (QED) is 0.638. The lowest BCUT2D eigenvalue weighted by atomic mass is 9.90. The summed E-state index contributed by atoms with van der Waals surface area (Å²) in [5, 5.41) is 8.83. The maximum Gasteiger partial charge on any atom is 0.232 e.